The first-order valence-electron chi connectivity index (χ1n) is 6.80. The van der Waals surface area contributed by atoms with Crippen LogP contribution in [-0.4, -0.2) is 25.9 Å². The Kier molecular flexibility index (Phi) is 3.50. The van der Waals surface area contributed by atoms with E-state index in [1.165, 1.54) is 23.7 Å². The van der Waals surface area contributed by atoms with Gasteiger partial charge in [-0.2, -0.15) is 0 Å². The molecule has 0 saturated carbocycles. The van der Waals surface area contributed by atoms with Crippen molar-refractivity contribution < 1.29 is 17.6 Å². The topological polar surface area (TPSA) is 107 Å². The minimum absolute atomic E-state index is 0.0677. The third kappa shape index (κ3) is 2.41. The molecule has 0 amide bonds. The molecule has 0 spiro atoms. The van der Waals surface area contributed by atoms with Gasteiger partial charge in [0.1, 0.15) is 0 Å². The first-order chi connectivity index (χ1) is 10.8. The molecule has 0 bridgehead atoms. The van der Waals surface area contributed by atoms with Crippen molar-refractivity contribution in [3.63, 3.8) is 0 Å². The molecule has 8 heteroatoms. The molecule has 0 radical (unpaired) electrons. The van der Waals surface area contributed by atoms with E-state index >= 15 is 0 Å². The number of aryl methyl sites for hydroxylation is 1. The van der Waals surface area contributed by atoms with Gasteiger partial charge in [-0.25, -0.2) is 13.1 Å². The van der Waals surface area contributed by atoms with Crippen molar-refractivity contribution >= 4 is 32.5 Å². The second kappa shape index (κ2) is 5.25. The fraction of sp³-hybridized carbons (Fsp3) is 0.133. The van der Waals surface area contributed by atoms with E-state index < -0.39 is 15.9 Å². The number of carbonyl (C=O) groups excluding carboxylic acids is 1. The number of sulfonamides is 1. The molecule has 0 aliphatic heterocycles. The van der Waals surface area contributed by atoms with Crippen molar-refractivity contribution in [1.82, 2.24) is 9.29 Å². The lowest BCUT2D eigenvalue weighted by Gasteiger charge is -2.05. The number of nitrogens with one attached hydrogen (secondary N) is 1. The smallest absolute Gasteiger partial charge is 0.298 e. The second-order valence-electron chi connectivity index (χ2n) is 5.03. The number of rotatable bonds is 3. The average molecular weight is 333 g/mol. The summed E-state index contributed by atoms with van der Waals surface area (Å²) < 4.78 is 32.2. The van der Waals surface area contributed by atoms with Crippen molar-refractivity contribution in [2.24, 2.45) is 0 Å². The number of benzene rings is 1. The van der Waals surface area contributed by atoms with Crippen molar-refractivity contribution in [2.45, 2.75) is 12.0 Å². The van der Waals surface area contributed by atoms with Gasteiger partial charge in [0.05, 0.1) is 5.52 Å². The van der Waals surface area contributed by atoms with Crippen LogP contribution >= 0.6 is 0 Å². The second-order valence-corrected chi connectivity index (χ2v) is 6.85. The summed E-state index contributed by atoms with van der Waals surface area (Å²) in [6.45, 7) is 1.77. The number of fused-ring (bicyclic) bond motifs is 1. The Morgan fingerprint density at radius 3 is 2.70 bits per heavy atom. The molecule has 0 saturated heterocycles. The highest BCUT2D eigenvalue weighted by atomic mass is 32.2. The van der Waals surface area contributed by atoms with Gasteiger partial charge in [-0.05, 0) is 44.3 Å². The number of furan rings is 1. The van der Waals surface area contributed by atoms with E-state index in [0.717, 1.165) is 5.39 Å². The zero-order chi connectivity index (χ0) is 16.8. The number of nitrogens with two attached hydrogens (primary N) is 1. The van der Waals surface area contributed by atoms with Crippen molar-refractivity contribution in [1.29, 1.82) is 0 Å². The maximum Gasteiger partial charge on any atom is 0.298 e. The van der Waals surface area contributed by atoms with Crippen LogP contribution in [0.5, 0.6) is 0 Å². The monoisotopic (exact) mass is 333 g/mol. The first-order valence-corrected chi connectivity index (χ1v) is 8.28. The Balaban J connectivity index is 2.12. The quantitative estimate of drug-likeness (QED) is 0.710. The fourth-order valence-corrected chi connectivity index (χ4v) is 3.09. The maximum atomic E-state index is 12.7. The Labute approximate surface area is 132 Å². The summed E-state index contributed by atoms with van der Waals surface area (Å²) in [7, 11) is -2.47. The summed E-state index contributed by atoms with van der Waals surface area (Å²) in [6, 6.07) is 9.65. The lowest BCUT2D eigenvalue weighted by Crippen LogP contribution is -2.18. The highest BCUT2D eigenvalue weighted by Crippen LogP contribution is 2.26. The van der Waals surface area contributed by atoms with Crippen LogP contribution in [0.1, 0.15) is 16.2 Å². The van der Waals surface area contributed by atoms with E-state index in [-0.39, 0.29) is 10.9 Å². The summed E-state index contributed by atoms with van der Waals surface area (Å²) in [5.74, 6) is -0.525. The molecule has 0 aliphatic rings. The highest BCUT2D eigenvalue weighted by Gasteiger charge is 2.22. The van der Waals surface area contributed by atoms with Crippen LogP contribution in [0, 0.1) is 6.92 Å². The summed E-state index contributed by atoms with van der Waals surface area (Å²) in [5.41, 5.74) is 7.80. The zero-order valence-corrected chi connectivity index (χ0v) is 13.3. The molecule has 0 unspecified atom stereocenters. The van der Waals surface area contributed by atoms with Gasteiger partial charge >= 0.3 is 0 Å². The number of carbonyl (C=O) groups is 1. The van der Waals surface area contributed by atoms with E-state index in [0.29, 0.717) is 16.9 Å². The normalized spacial score (nSPS) is 11.9. The lowest BCUT2D eigenvalue weighted by atomic mass is 10.2. The van der Waals surface area contributed by atoms with Crippen LogP contribution < -0.4 is 10.5 Å². The van der Waals surface area contributed by atoms with Crippen LogP contribution in [0.3, 0.4) is 0 Å². The Bertz CT molecular complexity index is 1010. The zero-order valence-electron chi connectivity index (χ0n) is 12.5. The summed E-state index contributed by atoms with van der Waals surface area (Å²) in [6.07, 6.45) is 0. The fourth-order valence-electron chi connectivity index (χ4n) is 2.45. The first kappa shape index (κ1) is 15.3. The number of anilines is 1. The van der Waals surface area contributed by atoms with E-state index in [4.69, 9.17) is 10.2 Å². The van der Waals surface area contributed by atoms with Gasteiger partial charge in [0.15, 0.2) is 5.76 Å². The van der Waals surface area contributed by atoms with E-state index in [1.54, 1.807) is 31.2 Å². The van der Waals surface area contributed by atoms with Crippen LogP contribution in [0.2, 0.25) is 0 Å². The Hall–Kier alpha value is -2.58. The SMILES string of the molecule is CNS(=O)(=O)c1ccc(C(=O)n2c(C)cc3c(N)cccc32)o1. The lowest BCUT2D eigenvalue weighted by molar-refractivity contribution is 0.0930. The predicted molar refractivity (Wildman–Crippen MR) is 85.8 cm³/mol. The molecule has 3 N–H and O–H groups in total. The highest BCUT2D eigenvalue weighted by molar-refractivity contribution is 7.89. The van der Waals surface area contributed by atoms with Crippen molar-refractivity contribution in [2.75, 3.05) is 12.8 Å². The summed E-state index contributed by atoms with van der Waals surface area (Å²) in [5, 5.41) is 0.449. The number of hydrogen-bond acceptors (Lipinski definition) is 5. The van der Waals surface area contributed by atoms with Gasteiger partial charge in [-0.1, -0.05) is 6.07 Å². The molecule has 0 aliphatic carbocycles. The molecule has 2 heterocycles. The van der Waals surface area contributed by atoms with Gasteiger partial charge in [-0.3, -0.25) is 9.36 Å². The molecule has 0 fully saturated rings. The summed E-state index contributed by atoms with van der Waals surface area (Å²) >= 11 is 0. The standard InChI is InChI=1S/C15H15N3O4S/c1-9-8-10-11(16)4-3-5-12(10)18(9)15(19)13-6-7-14(22-13)23(20,21)17-2/h3-8,17H,16H2,1-2H3. The minimum atomic E-state index is -3.74. The number of hydrogen-bond donors (Lipinski definition) is 2. The van der Waals surface area contributed by atoms with Gasteiger partial charge in [0.25, 0.3) is 15.9 Å². The third-order valence-corrected chi connectivity index (χ3v) is 4.88. The largest absolute Gasteiger partial charge is 0.438 e. The third-order valence-electron chi connectivity index (χ3n) is 3.59. The van der Waals surface area contributed by atoms with Crippen LogP contribution in [0.4, 0.5) is 5.69 Å². The minimum Gasteiger partial charge on any atom is -0.438 e. The maximum absolute atomic E-state index is 12.7. The van der Waals surface area contributed by atoms with Crippen LogP contribution in [-0.2, 0) is 10.0 Å². The molecule has 7 nitrogen and oxygen atoms in total. The Morgan fingerprint density at radius 2 is 2.00 bits per heavy atom. The summed E-state index contributed by atoms with van der Waals surface area (Å²) in [4.78, 5) is 12.7. The number of nitrogen functional groups attached to an aromatic ring is 1. The van der Waals surface area contributed by atoms with Crippen molar-refractivity contribution in [3.8, 4) is 0 Å². The van der Waals surface area contributed by atoms with Gasteiger partial charge in [0, 0.05) is 16.8 Å². The van der Waals surface area contributed by atoms with Gasteiger partial charge in [0.2, 0.25) is 5.09 Å². The molecular weight excluding hydrogens is 318 g/mol. The number of nitrogens with zero attached hydrogens (tertiary/aromatic N) is 1. The average Bonchev–Trinajstić information content (AvgIpc) is 3.12. The Morgan fingerprint density at radius 1 is 1.26 bits per heavy atom. The molecule has 120 valence electrons. The molecule has 3 aromatic rings. The number of aromatic nitrogens is 1. The van der Waals surface area contributed by atoms with E-state index in [9.17, 15) is 13.2 Å². The molecular formula is C15H15N3O4S. The van der Waals surface area contributed by atoms with Gasteiger partial charge in [-0.15, -0.1) is 0 Å². The van der Waals surface area contributed by atoms with Crippen molar-refractivity contribution in [3.05, 3.63) is 47.9 Å². The molecule has 2 aromatic heterocycles. The van der Waals surface area contributed by atoms with Gasteiger partial charge < -0.3 is 10.2 Å². The van der Waals surface area contributed by atoms with Crippen LogP contribution in [0.25, 0.3) is 10.9 Å². The molecule has 23 heavy (non-hydrogen) atoms. The molecule has 0 atom stereocenters. The predicted octanol–water partition coefficient (Wildman–Crippen LogP) is 1.72. The molecule has 3 rings (SSSR count). The van der Waals surface area contributed by atoms with E-state index in [1.807, 2.05) is 0 Å². The molecule has 1 aromatic carbocycles. The van der Waals surface area contributed by atoms with E-state index in [2.05, 4.69) is 4.72 Å². The van der Waals surface area contributed by atoms with Crippen LogP contribution in [0.15, 0.2) is 45.9 Å².